The van der Waals surface area contributed by atoms with Crippen LogP contribution in [0.2, 0.25) is 0 Å². The molecule has 1 aliphatic rings. The first kappa shape index (κ1) is 17.2. The number of nitriles is 1. The molecule has 0 N–H and O–H groups in total. The molecule has 0 bridgehead atoms. The van der Waals surface area contributed by atoms with Gasteiger partial charge in [-0.3, -0.25) is 14.4 Å². The van der Waals surface area contributed by atoms with Crippen molar-refractivity contribution in [1.29, 1.82) is 5.26 Å². The molecular weight excluding hydrogens is 314 g/mol. The van der Waals surface area contributed by atoms with Crippen molar-refractivity contribution in [3.05, 3.63) is 47.3 Å². The lowest BCUT2D eigenvalue weighted by Crippen LogP contribution is -2.31. The van der Waals surface area contributed by atoms with Gasteiger partial charge in [0.2, 0.25) is 0 Å². The SMILES string of the molecule is CC(=O)c1ccc(C#N)cc1N1CCCN(Cc2cnn(C)c2)CC1. The second-order valence-corrected chi connectivity index (χ2v) is 6.54. The summed E-state index contributed by atoms with van der Waals surface area (Å²) >= 11 is 0. The maximum Gasteiger partial charge on any atom is 0.161 e. The number of benzene rings is 1. The van der Waals surface area contributed by atoms with Crippen molar-refractivity contribution in [1.82, 2.24) is 14.7 Å². The van der Waals surface area contributed by atoms with E-state index in [2.05, 4.69) is 21.0 Å². The van der Waals surface area contributed by atoms with Crippen molar-refractivity contribution >= 4 is 11.5 Å². The number of nitrogens with zero attached hydrogens (tertiary/aromatic N) is 5. The summed E-state index contributed by atoms with van der Waals surface area (Å²) < 4.78 is 1.83. The minimum atomic E-state index is 0.0379. The Morgan fingerprint density at radius 2 is 2.12 bits per heavy atom. The molecule has 3 rings (SSSR count). The zero-order chi connectivity index (χ0) is 17.8. The van der Waals surface area contributed by atoms with Crippen molar-refractivity contribution in [3.63, 3.8) is 0 Å². The third kappa shape index (κ3) is 4.06. The van der Waals surface area contributed by atoms with Gasteiger partial charge in [0.15, 0.2) is 5.78 Å². The highest BCUT2D eigenvalue weighted by atomic mass is 16.1. The summed E-state index contributed by atoms with van der Waals surface area (Å²) in [5, 5.41) is 13.4. The summed E-state index contributed by atoms with van der Waals surface area (Å²) in [6.45, 7) is 6.13. The topological polar surface area (TPSA) is 65.2 Å². The summed E-state index contributed by atoms with van der Waals surface area (Å²) in [5.74, 6) is 0.0379. The number of aryl methyl sites for hydroxylation is 1. The van der Waals surface area contributed by atoms with E-state index in [0.29, 0.717) is 11.1 Å². The molecule has 0 radical (unpaired) electrons. The molecule has 0 aliphatic carbocycles. The van der Waals surface area contributed by atoms with Crippen LogP contribution in [0.3, 0.4) is 0 Å². The molecule has 0 saturated carbocycles. The average Bonchev–Trinajstić information content (AvgIpc) is 2.87. The zero-order valence-electron chi connectivity index (χ0n) is 14.8. The van der Waals surface area contributed by atoms with Crippen LogP contribution in [-0.2, 0) is 13.6 Å². The quantitative estimate of drug-likeness (QED) is 0.800. The Kier molecular flexibility index (Phi) is 5.15. The monoisotopic (exact) mass is 337 g/mol. The van der Waals surface area contributed by atoms with Gasteiger partial charge in [-0.25, -0.2) is 0 Å². The van der Waals surface area contributed by atoms with E-state index in [-0.39, 0.29) is 5.78 Å². The fraction of sp³-hybridized carbons (Fsp3) is 0.421. The van der Waals surface area contributed by atoms with Gasteiger partial charge in [-0.2, -0.15) is 10.4 Å². The first-order chi connectivity index (χ1) is 12.1. The fourth-order valence-electron chi connectivity index (χ4n) is 3.34. The highest BCUT2D eigenvalue weighted by molar-refractivity contribution is 6.00. The Balaban J connectivity index is 1.74. The summed E-state index contributed by atoms with van der Waals surface area (Å²) in [6, 6.07) is 7.50. The van der Waals surface area contributed by atoms with Crippen LogP contribution >= 0.6 is 0 Å². The van der Waals surface area contributed by atoms with E-state index in [1.807, 2.05) is 30.2 Å². The number of carbonyl (C=O) groups excluding carboxylic acids is 1. The number of aromatic nitrogens is 2. The second-order valence-electron chi connectivity index (χ2n) is 6.54. The second kappa shape index (κ2) is 7.49. The average molecular weight is 337 g/mol. The lowest BCUT2D eigenvalue weighted by atomic mass is 10.1. The van der Waals surface area contributed by atoms with Crippen molar-refractivity contribution in [2.24, 2.45) is 7.05 Å². The van der Waals surface area contributed by atoms with E-state index in [0.717, 1.165) is 44.8 Å². The third-order valence-electron chi connectivity index (χ3n) is 4.60. The Hall–Kier alpha value is -2.65. The van der Waals surface area contributed by atoms with E-state index < -0.39 is 0 Å². The summed E-state index contributed by atoms with van der Waals surface area (Å²) in [4.78, 5) is 16.6. The lowest BCUT2D eigenvalue weighted by Gasteiger charge is -2.25. The van der Waals surface area contributed by atoms with Crippen molar-refractivity contribution < 1.29 is 4.79 Å². The van der Waals surface area contributed by atoms with Crippen LogP contribution in [0.4, 0.5) is 5.69 Å². The van der Waals surface area contributed by atoms with Gasteiger partial charge < -0.3 is 4.90 Å². The molecular formula is C19H23N5O. The molecule has 0 unspecified atom stereocenters. The van der Waals surface area contributed by atoms with Gasteiger partial charge >= 0.3 is 0 Å². The van der Waals surface area contributed by atoms with E-state index in [4.69, 9.17) is 0 Å². The standard InChI is InChI=1S/C19H23N5O/c1-15(25)18-5-4-16(11-20)10-19(18)24-7-3-6-23(8-9-24)14-17-12-21-22(2)13-17/h4-5,10,12-13H,3,6-9,14H2,1-2H3. The molecule has 2 aromatic rings. The smallest absolute Gasteiger partial charge is 0.161 e. The molecule has 0 spiro atoms. The molecule has 0 atom stereocenters. The minimum absolute atomic E-state index is 0.0379. The number of ketones is 1. The number of rotatable bonds is 4. The highest BCUT2D eigenvalue weighted by Crippen LogP contribution is 2.24. The predicted octanol–water partition coefficient (Wildman–Crippen LogP) is 2.21. The first-order valence-corrected chi connectivity index (χ1v) is 8.57. The minimum Gasteiger partial charge on any atom is -0.370 e. The van der Waals surface area contributed by atoms with Crippen molar-refractivity contribution in [2.75, 3.05) is 31.1 Å². The maximum absolute atomic E-state index is 12.0. The van der Waals surface area contributed by atoms with Gasteiger partial charge in [0, 0.05) is 62.8 Å². The van der Waals surface area contributed by atoms with E-state index >= 15 is 0 Å². The Morgan fingerprint density at radius 3 is 2.80 bits per heavy atom. The van der Waals surface area contributed by atoms with Crippen LogP contribution in [0.15, 0.2) is 30.6 Å². The molecule has 6 heteroatoms. The first-order valence-electron chi connectivity index (χ1n) is 8.57. The molecule has 130 valence electrons. The number of carbonyl (C=O) groups is 1. The van der Waals surface area contributed by atoms with E-state index in [1.165, 1.54) is 5.56 Å². The number of hydrogen-bond acceptors (Lipinski definition) is 5. The predicted molar refractivity (Wildman–Crippen MR) is 96.5 cm³/mol. The van der Waals surface area contributed by atoms with Gasteiger partial charge in [-0.15, -0.1) is 0 Å². The number of anilines is 1. The lowest BCUT2D eigenvalue weighted by molar-refractivity contribution is 0.101. The summed E-state index contributed by atoms with van der Waals surface area (Å²) in [5.41, 5.74) is 3.39. The highest BCUT2D eigenvalue weighted by Gasteiger charge is 2.19. The van der Waals surface area contributed by atoms with Crippen LogP contribution in [-0.4, -0.2) is 46.6 Å². The molecule has 6 nitrogen and oxygen atoms in total. The van der Waals surface area contributed by atoms with Crippen LogP contribution < -0.4 is 4.90 Å². The van der Waals surface area contributed by atoms with E-state index in [9.17, 15) is 10.1 Å². The molecule has 1 aliphatic heterocycles. The molecule has 1 saturated heterocycles. The number of hydrogen-bond donors (Lipinski definition) is 0. The van der Waals surface area contributed by atoms with Crippen LogP contribution in [0.1, 0.15) is 34.8 Å². The molecule has 1 aromatic carbocycles. The van der Waals surface area contributed by atoms with Crippen LogP contribution in [0.25, 0.3) is 0 Å². The molecule has 25 heavy (non-hydrogen) atoms. The fourth-order valence-corrected chi connectivity index (χ4v) is 3.34. The Morgan fingerprint density at radius 1 is 1.28 bits per heavy atom. The van der Waals surface area contributed by atoms with Gasteiger partial charge in [0.25, 0.3) is 0 Å². The molecule has 2 heterocycles. The van der Waals surface area contributed by atoms with Crippen molar-refractivity contribution in [3.8, 4) is 6.07 Å². The van der Waals surface area contributed by atoms with Crippen LogP contribution in [0.5, 0.6) is 0 Å². The van der Waals surface area contributed by atoms with Gasteiger partial charge in [-0.05, 0) is 31.5 Å². The van der Waals surface area contributed by atoms with Gasteiger partial charge in [-0.1, -0.05) is 0 Å². The Labute approximate surface area is 148 Å². The molecule has 1 fully saturated rings. The normalized spacial score (nSPS) is 15.6. The van der Waals surface area contributed by atoms with Crippen molar-refractivity contribution in [2.45, 2.75) is 19.9 Å². The van der Waals surface area contributed by atoms with E-state index in [1.54, 1.807) is 19.1 Å². The van der Waals surface area contributed by atoms with Crippen LogP contribution in [0, 0.1) is 11.3 Å². The molecule has 1 aromatic heterocycles. The maximum atomic E-state index is 12.0. The van der Waals surface area contributed by atoms with Gasteiger partial charge in [0.1, 0.15) is 0 Å². The van der Waals surface area contributed by atoms with Gasteiger partial charge in [0.05, 0.1) is 17.8 Å². The zero-order valence-corrected chi connectivity index (χ0v) is 14.8. The largest absolute Gasteiger partial charge is 0.370 e. The Bertz CT molecular complexity index is 804. The molecule has 0 amide bonds. The third-order valence-corrected chi connectivity index (χ3v) is 4.60. The summed E-state index contributed by atoms with van der Waals surface area (Å²) in [6.07, 6.45) is 4.98. The summed E-state index contributed by atoms with van der Waals surface area (Å²) in [7, 11) is 1.93. The number of Topliss-reactive ketones (excluding diaryl/α,β-unsaturated/α-hetero) is 1.